The zero-order chi connectivity index (χ0) is 13.2. The molecule has 102 valence electrons. The molecule has 0 saturated heterocycles. The van der Waals surface area contributed by atoms with Crippen LogP contribution in [0, 0.1) is 5.92 Å². The van der Waals surface area contributed by atoms with Gasteiger partial charge in [-0.2, -0.15) is 0 Å². The van der Waals surface area contributed by atoms with E-state index in [4.69, 9.17) is 11.6 Å². The predicted octanol–water partition coefficient (Wildman–Crippen LogP) is 3.84. The van der Waals surface area contributed by atoms with Crippen molar-refractivity contribution >= 4 is 28.8 Å². The van der Waals surface area contributed by atoms with Crippen LogP contribution in [0.15, 0.2) is 17.5 Å². The number of hydrogen-bond acceptors (Lipinski definition) is 2. The zero-order valence-electron chi connectivity index (χ0n) is 11.0. The first-order chi connectivity index (χ1) is 8.76. The molecule has 0 aliphatic carbocycles. The minimum Gasteiger partial charge on any atom is -0.356 e. The minimum absolute atomic E-state index is 0.166. The molecule has 0 saturated carbocycles. The van der Waals surface area contributed by atoms with Gasteiger partial charge < -0.3 is 5.32 Å². The lowest BCUT2D eigenvalue weighted by Gasteiger charge is -2.14. The van der Waals surface area contributed by atoms with Gasteiger partial charge in [0, 0.05) is 23.7 Å². The molecule has 18 heavy (non-hydrogen) atoms. The second-order valence-electron chi connectivity index (χ2n) is 4.49. The van der Waals surface area contributed by atoms with Crippen molar-refractivity contribution in [1.82, 2.24) is 5.32 Å². The van der Waals surface area contributed by atoms with Crippen LogP contribution in [-0.4, -0.2) is 18.3 Å². The van der Waals surface area contributed by atoms with E-state index in [2.05, 4.69) is 29.8 Å². The van der Waals surface area contributed by atoms with Crippen LogP contribution < -0.4 is 5.32 Å². The molecular weight excluding hydrogens is 266 g/mol. The van der Waals surface area contributed by atoms with Gasteiger partial charge in [0.1, 0.15) is 0 Å². The first-order valence-corrected chi connectivity index (χ1v) is 8.02. The third-order valence-corrected chi connectivity index (χ3v) is 4.24. The summed E-state index contributed by atoms with van der Waals surface area (Å²) in [7, 11) is 0. The molecule has 1 N–H and O–H groups in total. The van der Waals surface area contributed by atoms with E-state index in [0.717, 1.165) is 32.2 Å². The molecule has 2 nitrogen and oxygen atoms in total. The lowest BCUT2D eigenvalue weighted by molar-refractivity contribution is -0.121. The Morgan fingerprint density at radius 3 is 3.00 bits per heavy atom. The molecule has 1 heterocycles. The number of aryl methyl sites for hydroxylation is 1. The SMILES string of the molecule is CCC(CCCl)CNC(=O)CCCc1cccs1. The van der Waals surface area contributed by atoms with Gasteiger partial charge in [0.2, 0.25) is 5.91 Å². The van der Waals surface area contributed by atoms with Crippen molar-refractivity contribution in [3.8, 4) is 0 Å². The Bertz CT molecular complexity index is 327. The Morgan fingerprint density at radius 2 is 2.39 bits per heavy atom. The van der Waals surface area contributed by atoms with Gasteiger partial charge in [0.05, 0.1) is 0 Å². The highest BCUT2D eigenvalue weighted by Crippen LogP contribution is 2.12. The second-order valence-corrected chi connectivity index (χ2v) is 5.90. The standard InChI is InChI=1S/C14H22ClNOS/c1-2-12(8-9-15)11-16-14(17)7-3-5-13-6-4-10-18-13/h4,6,10,12H,2-3,5,7-9,11H2,1H3,(H,16,17). The van der Waals surface area contributed by atoms with Gasteiger partial charge >= 0.3 is 0 Å². The highest BCUT2D eigenvalue weighted by Gasteiger charge is 2.08. The molecule has 1 rings (SSSR count). The van der Waals surface area contributed by atoms with Gasteiger partial charge in [-0.25, -0.2) is 0 Å². The highest BCUT2D eigenvalue weighted by molar-refractivity contribution is 7.09. The lowest BCUT2D eigenvalue weighted by Crippen LogP contribution is -2.29. The van der Waals surface area contributed by atoms with E-state index in [1.54, 1.807) is 11.3 Å². The van der Waals surface area contributed by atoms with Crippen LogP contribution in [0.5, 0.6) is 0 Å². The van der Waals surface area contributed by atoms with Gasteiger partial charge in [0.25, 0.3) is 0 Å². The summed E-state index contributed by atoms with van der Waals surface area (Å²) in [6.45, 7) is 2.90. The van der Waals surface area contributed by atoms with E-state index in [0.29, 0.717) is 18.2 Å². The summed E-state index contributed by atoms with van der Waals surface area (Å²) >= 11 is 7.48. The molecule has 0 bridgehead atoms. The molecule has 4 heteroatoms. The second kappa shape index (κ2) is 9.40. The Labute approximate surface area is 119 Å². The predicted molar refractivity (Wildman–Crippen MR) is 79.4 cm³/mol. The summed E-state index contributed by atoms with van der Waals surface area (Å²) < 4.78 is 0. The first-order valence-electron chi connectivity index (χ1n) is 6.61. The molecule has 1 amide bonds. The van der Waals surface area contributed by atoms with Crippen molar-refractivity contribution in [3.63, 3.8) is 0 Å². The van der Waals surface area contributed by atoms with Crippen LogP contribution in [0.1, 0.15) is 37.5 Å². The topological polar surface area (TPSA) is 29.1 Å². The number of rotatable bonds is 9. The zero-order valence-corrected chi connectivity index (χ0v) is 12.5. The third kappa shape index (κ3) is 6.41. The number of carbonyl (C=O) groups is 1. The fraction of sp³-hybridized carbons (Fsp3) is 0.643. The summed E-state index contributed by atoms with van der Waals surface area (Å²) in [6.07, 6.45) is 4.60. The summed E-state index contributed by atoms with van der Waals surface area (Å²) in [6, 6.07) is 4.17. The van der Waals surface area contributed by atoms with E-state index >= 15 is 0 Å². The number of alkyl halides is 1. The molecule has 0 spiro atoms. The number of nitrogens with one attached hydrogen (secondary N) is 1. The molecule has 0 radical (unpaired) electrons. The average molecular weight is 288 g/mol. The van der Waals surface area contributed by atoms with Crippen LogP contribution in [0.3, 0.4) is 0 Å². The number of amides is 1. The Morgan fingerprint density at radius 1 is 1.56 bits per heavy atom. The summed E-state index contributed by atoms with van der Waals surface area (Å²) in [4.78, 5) is 13.0. The van der Waals surface area contributed by atoms with Crippen LogP contribution in [0.4, 0.5) is 0 Å². The Hall–Kier alpha value is -0.540. The van der Waals surface area contributed by atoms with E-state index in [-0.39, 0.29) is 5.91 Å². The van der Waals surface area contributed by atoms with E-state index in [1.807, 2.05) is 0 Å². The number of hydrogen-bond donors (Lipinski definition) is 1. The Kier molecular flexibility index (Phi) is 8.10. The number of halogens is 1. The summed E-state index contributed by atoms with van der Waals surface area (Å²) in [5.74, 6) is 1.36. The monoisotopic (exact) mass is 287 g/mol. The molecule has 0 aliphatic heterocycles. The molecule has 0 aliphatic rings. The van der Waals surface area contributed by atoms with Gasteiger partial charge in [-0.05, 0) is 36.6 Å². The van der Waals surface area contributed by atoms with Crippen LogP contribution in [0.25, 0.3) is 0 Å². The normalized spacial score (nSPS) is 12.3. The summed E-state index contributed by atoms with van der Waals surface area (Å²) in [5, 5.41) is 5.08. The van der Waals surface area contributed by atoms with Crippen molar-refractivity contribution in [2.45, 2.75) is 39.0 Å². The fourth-order valence-corrected chi connectivity index (χ4v) is 2.89. The van der Waals surface area contributed by atoms with E-state index < -0.39 is 0 Å². The van der Waals surface area contributed by atoms with E-state index in [1.165, 1.54) is 4.88 Å². The van der Waals surface area contributed by atoms with E-state index in [9.17, 15) is 4.79 Å². The van der Waals surface area contributed by atoms with Crippen molar-refractivity contribution < 1.29 is 4.79 Å². The maximum atomic E-state index is 11.7. The van der Waals surface area contributed by atoms with Crippen molar-refractivity contribution in [2.24, 2.45) is 5.92 Å². The maximum absolute atomic E-state index is 11.7. The van der Waals surface area contributed by atoms with Crippen molar-refractivity contribution in [2.75, 3.05) is 12.4 Å². The van der Waals surface area contributed by atoms with Gasteiger partial charge in [-0.1, -0.05) is 19.4 Å². The quantitative estimate of drug-likeness (QED) is 0.687. The molecule has 1 aromatic rings. The molecule has 0 aromatic carbocycles. The van der Waals surface area contributed by atoms with Gasteiger partial charge in [-0.15, -0.1) is 22.9 Å². The number of thiophene rings is 1. The first kappa shape index (κ1) is 15.5. The van der Waals surface area contributed by atoms with Crippen molar-refractivity contribution in [1.29, 1.82) is 0 Å². The molecule has 0 fully saturated rings. The number of carbonyl (C=O) groups excluding carboxylic acids is 1. The molecular formula is C14H22ClNOS. The highest BCUT2D eigenvalue weighted by atomic mass is 35.5. The van der Waals surface area contributed by atoms with Crippen LogP contribution in [0.2, 0.25) is 0 Å². The molecule has 1 atom stereocenters. The fourth-order valence-electron chi connectivity index (χ4n) is 1.83. The van der Waals surface area contributed by atoms with Crippen molar-refractivity contribution in [3.05, 3.63) is 22.4 Å². The third-order valence-electron chi connectivity index (χ3n) is 3.09. The van der Waals surface area contributed by atoms with Crippen LogP contribution in [-0.2, 0) is 11.2 Å². The smallest absolute Gasteiger partial charge is 0.220 e. The largest absolute Gasteiger partial charge is 0.356 e. The minimum atomic E-state index is 0.166. The molecule has 1 aromatic heterocycles. The van der Waals surface area contributed by atoms with Gasteiger partial charge in [0.15, 0.2) is 0 Å². The van der Waals surface area contributed by atoms with Gasteiger partial charge in [-0.3, -0.25) is 4.79 Å². The lowest BCUT2D eigenvalue weighted by atomic mass is 10.0. The van der Waals surface area contributed by atoms with Crippen LogP contribution >= 0.6 is 22.9 Å². The average Bonchev–Trinajstić information content (AvgIpc) is 2.87. The summed E-state index contributed by atoms with van der Waals surface area (Å²) in [5.41, 5.74) is 0. The maximum Gasteiger partial charge on any atom is 0.220 e. The Balaban J connectivity index is 2.09. The molecule has 1 unspecified atom stereocenters.